The zero-order valence-corrected chi connectivity index (χ0v) is 12.5. The van der Waals surface area contributed by atoms with Crippen molar-refractivity contribution >= 4 is 23.5 Å². The molecular formula is C12H14F6O6. The summed E-state index contributed by atoms with van der Waals surface area (Å²) < 4.78 is 73.5. The second-order valence-electron chi connectivity index (χ2n) is 4.06. The largest absolute Gasteiger partial charge is 0.481 e. The second-order valence-corrected chi connectivity index (χ2v) is 4.06. The maximum absolute atomic E-state index is 11.6. The predicted octanol–water partition coefficient (Wildman–Crippen LogP) is 2.30. The van der Waals surface area contributed by atoms with Gasteiger partial charge in [-0.15, -0.1) is 0 Å². The molecule has 24 heavy (non-hydrogen) atoms. The molecule has 12 heteroatoms. The van der Waals surface area contributed by atoms with E-state index in [1.54, 1.807) is 0 Å². The zero-order chi connectivity index (χ0) is 19.7. The fourth-order valence-electron chi connectivity index (χ4n) is 1.11. The lowest BCUT2D eigenvalue weighted by Crippen LogP contribution is -2.34. The Balaban J connectivity index is 0. The van der Waals surface area contributed by atoms with Gasteiger partial charge in [0.2, 0.25) is 11.6 Å². The van der Waals surface area contributed by atoms with E-state index in [1.165, 1.54) is 13.8 Å². The summed E-state index contributed by atoms with van der Waals surface area (Å²) in [7, 11) is 0. The Morgan fingerprint density at radius 3 is 1.62 bits per heavy atom. The van der Waals surface area contributed by atoms with Gasteiger partial charge in [0.05, 0.1) is 6.61 Å². The molecule has 0 aliphatic rings. The van der Waals surface area contributed by atoms with Crippen molar-refractivity contribution < 1.29 is 55.4 Å². The first kappa shape index (κ1) is 24.1. The van der Waals surface area contributed by atoms with E-state index in [0.29, 0.717) is 0 Å². The highest BCUT2D eigenvalue weighted by molar-refractivity contribution is 6.01. The van der Waals surface area contributed by atoms with E-state index in [9.17, 15) is 45.5 Å². The molecule has 0 aromatic heterocycles. The van der Waals surface area contributed by atoms with Crippen molar-refractivity contribution in [3.8, 4) is 0 Å². The highest BCUT2D eigenvalue weighted by atomic mass is 19.4. The molecule has 0 radical (unpaired) electrons. The molecule has 0 aliphatic heterocycles. The average Bonchev–Trinajstić information content (AvgIpc) is 2.37. The van der Waals surface area contributed by atoms with Crippen LogP contribution in [0.1, 0.15) is 26.7 Å². The van der Waals surface area contributed by atoms with Crippen LogP contribution in [0.15, 0.2) is 0 Å². The molecule has 0 aromatic rings. The molecule has 0 saturated heterocycles. The van der Waals surface area contributed by atoms with E-state index >= 15 is 0 Å². The maximum atomic E-state index is 11.6. The van der Waals surface area contributed by atoms with Crippen LogP contribution in [-0.2, 0) is 23.9 Å². The van der Waals surface area contributed by atoms with Gasteiger partial charge in [0.25, 0.3) is 0 Å². The topological polar surface area (TPSA) is 97.7 Å². The Bertz CT molecular complexity index is 466. The van der Waals surface area contributed by atoms with Crippen LogP contribution in [-0.4, -0.2) is 47.6 Å². The average molecular weight is 368 g/mol. The molecule has 140 valence electrons. The van der Waals surface area contributed by atoms with E-state index < -0.39 is 48.2 Å². The van der Waals surface area contributed by atoms with Gasteiger partial charge in [0.1, 0.15) is 12.3 Å². The van der Waals surface area contributed by atoms with Crippen molar-refractivity contribution in [3.63, 3.8) is 0 Å². The SMILES string of the molecule is CCC(C(=O)O)C(=O)C(F)(F)F.CCOC(=O)CC(=O)C(F)(F)F. The highest BCUT2D eigenvalue weighted by Crippen LogP contribution is 2.22. The summed E-state index contributed by atoms with van der Waals surface area (Å²) in [6, 6.07) is 0. The molecule has 0 heterocycles. The molecule has 0 spiro atoms. The minimum atomic E-state index is -5.06. The van der Waals surface area contributed by atoms with Crippen molar-refractivity contribution in [1.29, 1.82) is 0 Å². The third-order valence-corrected chi connectivity index (χ3v) is 2.23. The second kappa shape index (κ2) is 9.88. The number of carboxylic acids is 1. The van der Waals surface area contributed by atoms with Gasteiger partial charge in [0, 0.05) is 0 Å². The number of alkyl halides is 6. The van der Waals surface area contributed by atoms with E-state index in [-0.39, 0.29) is 13.0 Å². The number of carbonyl (C=O) groups excluding carboxylic acids is 3. The number of rotatable bonds is 6. The minimum Gasteiger partial charge on any atom is -0.481 e. The first-order valence-corrected chi connectivity index (χ1v) is 6.27. The van der Waals surface area contributed by atoms with Gasteiger partial charge in [0.15, 0.2) is 0 Å². The monoisotopic (exact) mass is 368 g/mol. The van der Waals surface area contributed by atoms with Crippen LogP contribution in [0.25, 0.3) is 0 Å². The molecule has 0 aliphatic carbocycles. The van der Waals surface area contributed by atoms with Crippen molar-refractivity contribution in [1.82, 2.24) is 0 Å². The Morgan fingerprint density at radius 1 is 0.958 bits per heavy atom. The van der Waals surface area contributed by atoms with Gasteiger partial charge in [-0.2, -0.15) is 26.3 Å². The third kappa shape index (κ3) is 9.79. The molecule has 0 rings (SSSR count). The summed E-state index contributed by atoms with van der Waals surface area (Å²) in [5.74, 6) is -9.14. The molecule has 1 atom stereocenters. The molecule has 0 aromatic carbocycles. The summed E-state index contributed by atoms with van der Waals surface area (Å²) >= 11 is 0. The number of carboxylic acid groups (broad SMARTS) is 1. The quantitative estimate of drug-likeness (QED) is 0.439. The Hall–Kier alpha value is -2.14. The van der Waals surface area contributed by atoms with Gasteiger partial charge in [-0.05, 0) is 13.3 Å². The molecule has 1 N–H and O–H groups in total. The summed E-state index contributed by atoms with van der Waals surface area (Å²) in [4.78, 5) is 40.9. The third-order valence-electron chi connectivity index (χ3n) is 2.23. The van der Waals surface area contributed by atoms with Crippen LogP contribution in [0.2, 0.25) is 0 Å². The number of esters is 1. The lowest BCUT2D eigenvalue weighted by Gasteiger charge is -2.10. The van der Waals surface area contributed by atoms with Crippen LogP contribution < -0.4 is 0 Å². The van der Waals surface area contributed by atoms with Gasteiger partial charge >= 0.3 is 24.3 Å². The Kier molecular flexibility index (Phi) is 9.93. The maximum Gasteiger partial charge on any atom is 0.450 e. The molecule has 0 amide bonds. The molecule has 0 fully saturated rings. The van der Waals surface area contributed by atoms with E-state index in [4.69, 9.17) is 5.11 Å². The number of ketones is 2. The molecule has 1 unspecified atom stereocenters. The number of ether oxygens (including phenoxy) is 1. The number of hydrogen-bond donors (Lipinski definition) is 1. The molecule has 0 bridgehead atoms. The smallest absolute Gasteiger partial charge is 0.450 e. The van der Waals surface area contributed by atoms with Gasteiger partial charge in [-0.1, -0.05) is 6.92 Å². The predicted molar refractivity (Wildman–Crippen MR) is 64.8 cm³/mol. The lowest BCUT2D eigenvalue weighted by atomic mass is 10.0. The number of hydrogen-bond acceptors (Lipinski definition) is 5. The number of Topliss-reactive ketones (excluding diaryl/α,β-unsaturated/α-hetero) is 2. The Labute approximate surface area is 131 Å². The molecule has 0 saturated carbocycles. The molecular weight excluding hydrogens is 354 g/mol. The van der Waals surface area contributed by atoms with Crippen molar-refractivity contribution in [3.05, 3.63) is 0 Å². The zero-order valence-electron chi connectivity index (χ0n) is 12.5. The number of halogens is 6. The Morgan fingerprint density at radius 2 is 1.42 bits per heavy atom. The van der Waals surface area contributed by atoms with Crippen LogP contribution in [0.5, 0.6) is 0 Å². The van der Waals surface area contributed by atoms with Crippen molar-refractivity contribution in [2.45, 2.75) is 39.0 Å². The van der Waals surface area contributed by atoms with E-state index in [0.717, 1.165) is 0 Å². The number of carbonyl (C=O) groups is 4. The summed E-state index contributed by atoms with van der Waals surface area (Å²) in [6.07, 6.45) is -11.6. The van der Waals surface area contributed by atoms with Crippen LogP contribution >= 0.6 is 0 Å². The van der Waals surface area contributed by atoms with Crippen molar-refractivity contribution in [2.24, 2.45) is 5.92 Å². The molecule has 6 nitrogen and oxygen atoms in total. The van der Waals surface area contributed by atoms with E-state index in [2.05, 4.69) is 4.74 Å². The van der Waals surface area contributed by atoms with Crippen LogP contribution in [0.4, 0.5) is 26.3 Å². The van der Waals surface area contributed by atoms with Gasteiger partial charge < -0.3 is 9.84 Å². The van der Waals surface area contributed by atoms with E-state index in [1.807, 2.05) is 0 Å². The summed E-state index contributed by atoms with van der Waals surface area (Å²) in [5.41, 5.74) is 0. The first-order valence-electron chi connectivity index (χ1n) is 6.27. The van der Waals surface area contributed by atoms with Crippen molar-refractivity contribution in [2.75, 3.05) is 6.61 Å². The highest BCUT2D eigenvalue weighted by Gasteiger charge is 2.45. The first-order chi connectivity index (χ1) is 10.7. The lowest BCUT2D eigenvalue weighted by molar-refractivity contribution is -0.179. The van der Waals surface area contributed by atoms with Crippen LogP contribution in [0.3, 0.4) is 0 Å². The number of aliphatic carboxylic acids is 1. The normalized spacial score (nSPS) is 12.5. The minimum absolute atomic E-state index is 0.0377. The fourth-order valence-corrected chi connectivity index (χ4v) is 1.11. The summed E-state index contributed by atoms with van der Waals surface area (Å²) in [6.45, 7) is 2.61. The van der Waals surface area contributed by atoms with Gasteiger partial charge in [-0.25, -0.2) is 0 Å². The standard InChI is InChI=1S/2C6H7F3O3/c1-2-12-5(11)3-4(10)6(7,8)9;1-2-3(5(11)12)4(10)6(7,8)9/h2-3H2,1H3;3H,2H2,1H3,(H,11,12). The van der Waals surface area contributed by atoms with Gasteiger partial charge in [-0.3, -0.25) is 19.2 Å². The fraction of sp³-hybridized carbons (Fsp3) is 0.667. The van der Waals surface area contributed by atoms with Crippen LogP contribution in [0, 0.1) is 5.92 Å². The summed E-state index contributed by atoms with van der Waals surface area (Å²) in [5, 5.41) is 8.19.